The van der Waals surface area contributed by atoms with Gasteiger partial charge in [0.15, 0.2) is 5.78 Å². The van der Waals surface area contributed by atoms with E-state index in [4.69, 9.17) is 9.47 Å². The highest BCUT2D eigenvalue weighted by atomic mass is 16.6. The topological polar surface area (TPSA) is 151 Å². The summed E-state index contributed by atoms with van der Waals surface area (Å²) in [5, 5.41) is 31.9. The molecule has 2 saturated heterocycles. The number of fused-ring (bicyclic) bond motifs is 3. The summed E-state index contributed by atoms with van der Waals surface area (Å²) >= 11 is 0. The van der Waals surface area contributed by atoms with Gasteiger partial charge in [0.1, 0.15) is 12.1 Å². The van der Waals surface area contributed by atoms with E-state index < -0.39 is 65.7 Å². The van der Waals surface area contributed by atoms with Gasteiger partial charge in [0.05, 0.1) is 18.3 Å². The van der Waals surface area contributed by atoms with Crippen LogP contribution in [-0.2, 0) is 28.7 Å². The number of aliphatic hydroxyl groups excluding tert-OH is 2. The first kappa shape index (κ1) is 37.4. The largest absolute Gasteiger partial charge is 0.461 e. The van der Waals surface area contributed by atoms with Gasteiger partial charge in [-0.2, -0.15) is 0 Å². The molecule has 47 heavy (non-hydrogen) atoms. The third-order valence-electron chi connectivity index (χ3n) is 11.1. The lowest BCUT2D eigenvalue weighted by molar-refractivity contribution is -0.268. The molecule has 3 fully saturated rings. The molecule has 0 radical (unpaired) electrons. The van der Waals surface area contributed by atoms with Crippen LogP contribution >= 0.6 is 0 Å². The van der Waals surface area contributed by atoms with Crippen LogP contribution < -0.4 is 0 Å². The van der Waals surface area contributed by atoms with Crippen molar-refractivity contribution >= 4 is 23.4 Å². The quantitative estimate of drug-likeness (QED) is 0.227. The first-order valence-electron chi connectivity index (χ1n) is 18.0. The number of carbonyl (C=O) groups excluding carboxylic acids is 4. The molecule has 4 aliphatic rings. The molecule has 10 nitrogen and oxygen atoms in total. The van der Waals surface area contributed by atoms with Gasteiger partial charge in [0, 0.05) is 18.4 Å². The molecular formula is C37H57NO9. The Balaban J connectivity index is 1.59. The molecule has 0 spiro atoms. The number of Topliss-reactive ketones (excluding diaryl/α,β-unsaturated/α-hetero) is 1. The Bertz CT molecular complexity index is 1170. The van der Waals surface area contributed by atoms with Crippen LogP contribution in [0.5, 0.6) is 0 Å². The summed E-state index contributed by atoms with van der Waals surface area (Å²) in [6, 6.07) is -0.961. The zero-order valence-electron chi connectivity index (χ0n) is 28.7. The minimum absolute atomic E-state index is 0.0302. The third kappa shape index (κ3) is 9.40. The maximum Gasteiger partial charge on any atom is 0.329 e. The number of nitrogens with zero attached hydrogens (tertiary/aromatic N) is 1. The predicted molar refractivity (Wildman–Crippen MR) is 176 cm³/mol. The highest BCUT2D eigenvalue weighted by Crippen LogP contribution is 2.37. The van der Waals surface area contributed by atoms with Crippen LogP contribution in [0.15, 0.2) is 24.3 Å². The molecule has 3 heterocycles. The third-order valence-corrected chi connectivity index (χ3v) is 11.1. The molecule has 264 valence electrons. The Morgan fingerprint density at radius 3 is 2.40 bits per heavy atom. The van der Waals surface area contributed by atoms with Crippen LogP contribution in [0.25, 0.3) is 0 Å². The van der Waals surface area contributed by atoms with Gasteiger partial charge >= 0.3 is 5.97 Å². The summed E-state index contributed by atoms with van der Waals surface area (Å²) < 4.78 is 12.2. The molecule has 1 aliphatic carbocycles. The standard InChI is InChI=1S/C37H57NO9/c1-23-11-7-5-6-8-13-29(39)26(4)33-19-15-25(3)37(45,47-33)34(42)35(43)38-20-10-9-12-28(38)36(44)46-32(18-14-23)24(2)21-27-16-17-30(40)31(41)22-27/h7-8,11,13,23-28,30-33,40-41,45H,5-6,9-10,12,14-22H2,1-4H3/b11-7+,13-8+/t23-,24+,25-,26+,27+,28+,30-,31-,32+,33+,37-/m1/s1. The maximum absolute atomic E-state index is 13.9. The maximum atomic E-state index is 13.9. The molecule has 0 aromatic heterocycles. The van der Waals surface area contributed by atoms with Gasteiger partial charge in [-0.25, -0.2) is 4.79 Å². The molecule has 11 atom stereocenters. The van der Waals surface area contributed by atoms with E-state index in [1.165, 1.54) is 11.0 Å². The number of piperidine rings is 1. The number of ketones is 2. The molecule has 4 rings (SSSR count). The molecule has 10 heteroatoms. The fourth-order valence-corrected chi connectivity index (χ4v) is 7.72. The van der Waals surface area contributed by atoms with Crippen molar-refractivity contribution in [2.45, 2.75) is 147 Å². The number of cyclic esters (lactones) is 1. The molecule has 0 aromatic rings. The van der Waals surface area contributed by atoms with E-state index >= 15 is 0 Å². The van der Waals surface area contributed by atoms with Gasteiger partial charge in [0.25, 0.3) is 11.7 Å². The number of allylic oxidation sites excluding steroid dienone is 4. The molecule has 3 N–H and O–H groups in total. The number of carbonyl (C=O) groups is 4. The van der Waals surface area contributed by atoms with Crippen molar-refractivity contribution in [2.24, 2.45) is 29.6 Å². The monoisotopic (exact) mass is 659 g/mol. The van der Waals surface area contributed by atoms with Crippen LogP contribution in [0.1, 0.15) is 111 Å². The van der Waals surface area contributed by atoms with Crippen molar-refractivity contribution in [1.29, 1.82) is 0 Å². The zero-order valence-corrected chi connectivity index (χ0v) is 28.7. The predicted octanol–water partition coefficient (Wildman–Crippen LogP) is 4.43. The van der Waals surface area contributed by atoms with Gasteiger partial charge in [-0.1, -0.05) is 45.9 Å². The number of esters is 1. The van der Waals surface area contributed by atoms with Gasteiger partial charge < -0.3 is 29.7 Å². The second-order valence-electron chi connectivity index (χ2n) is 14.8. The molecular weight excluding hydrogens is 602 g/mol. The summed E-state index contributed by atoms with van der Waals surface area (Å²) in [5.74, 6) is -6.10. The van der Waals surface area contributed by atoms with Crippen LogP contribution in [-0.4, -0.2) is 86.5 Å². The molecule has 3 aliphatic heterocycles. The fraction of sp³-hybridized carbons (Fsp3) is 0.784. The number of hydrogen-bond donors (Lipinski definition) is 3. The van der Waals surface area contributed by atoms with Crippen molar-refractivity contribution in [3.63, 3.8) is 0 Å². The number of aliphatic hydroxyl groups is 3. The van der Waals surface area contributed by atoms with Crippen molar-refractivity contribution in [3.8, 4) is 0 Å². The summed E-state index contributed by atoms with van der Waals surface area (Å²) in [6.07, 6.45) is 12.9. The fourth-order valence-electron chi connectivity index (χ4n) is 7.72. The van der Waals surface area contributed by atoms with Crippen molar-refractivity contribution in [2.75, 3.05) is 6.54 Å². The molecule has 1 saturated carbocycles. The van der Waals surface area contributed by atoms with Crippen molar-refractivity contribution in [1.82, 2.24) is 4.90 Å². The smallest absolute Gasteiger partial charge is 0.329 e. The van der Waals surface area contributed by atoms with E-state index in [9.17, 15) is 34.5 Å². The van der Waals surface area contributed by atoms with Crippen molar-refractivity contribution < 1.29 is 44.0 Å². The lowest BCUT2D eigenvalue weighted by Crippen LogP contribution is -2.61. The van der Waals surface area contributed by atoms with Crippen molar-refractivity contribution in [3.05, 3.63) is 24.3 Å². The molecule has 2 bridgehead atoms. The van der Waals surface area contributed by atoms with E-state index in [0.717, 1.165) is 25.7 Å². The number of hydrogen-bond acceptors (Lipinski definition) is 9. The summed E-state index contributed by atoms with van der Waals surface area (Å²) in [4.78, 5) is 55.7. The van der Waals surface area contributed by atoms with Gasteiger partial charge in [-0.15, -0.1) is 0 Å². The average Bonchev–Trinajstić information content (AvgIpc) is 3.05. The number of rotatable bonds is 3. The molecule has 0 unspecified atom stereocenters. The first-order chi connectivity index (χ1) is 22.3. The first-order valence-corrected chi connectivity index (χ1v) is 18.0. The van der Waals surface area contributed by atoms with E-state index in [-0.39, 0.29) is 30.1 Å². The minimum atomic E-state index is -2.40. The Kier molecular flexibility index (Phi) is 13.4. The Morgan fingerprint density at radius 2 is 1.66 bits per heavy atom. The second kappa shape index (κ2) is 16.8. The number of ether oxygens (including phenoxy) is 2. The van der Waals surface area contributed by atoms with Gasteiger partial charge in [-0.05, 0) is 107 Å². The second-order valence-corrected chi connectivity index (χ2v) is 14.8. The van der Waals surface area contributed by atoms with Crippen LogP contribution in [0, 0.1) is 29.6 Å². The van der Waals surface area contributed by atoms with Gasteiger partial charge in [-0.3, -0.25) is 14.4 Å². The van der Waals surface area contributed by atoms with E-state index in [1.54, 1.807) is 13.8 Å². The van der Waals surface area contributed by atoms with Crippen LogP contribution in [0.2, 0.25) is 0 Å². The van der Waals surface area contributed by atoms with E-state index in [0.29, 0.717) is 57.8 Å². The summed E-state index contributed by atoms with van der Waals surface area (Å²) in [7, 11) is 0. The highest BCUT2D eigenvalue weighted by Gasteiger charge is 2.53. The molecule has 0 aromatic carbocycles. The Hall–Kier alpha value is -2.40. The van der Waals surface area contributed by atoms with E-state index in [1.807, 2.05) is 13.0 Å². The Labute approximate surface area is 279 Å². The summed E-state index contributed by atoms with van der Waals surface area (Å²) in [6.45, 7) is 7.72. The Morgan fingerprint density at radius 1 is 0.915 bits per heavy atom. The SMILES string of the molecule is C[C@@H]1/C=C/CC/C=C/C(=O)[C@H](C)[C@@H]2CC[C@@H](C)[C@@](O)(O2)C(=O)C(=O)N2CCCC[C@H]2C(=O)O[C@H]([C@@H](C)C[C@@H]2CC[C@@H](O)[C@H](O)C2)CC1. The zero-order chi connectivity index (χ0) is 34.3. The number of amides is 1. The minimum Gasteiger partial charge on any atom is -0.461 e. The lowest BCUT2D eigenvalue weighted by Gasteiger charge is -2.43. The van der Waals surface area contributed by atoms with Gasteiger partial charge in [0.2, 0.25) is 5.79 Å². The highest BCUT2D eigenvalue weighted by molar-refractivity contribution is 6.39. The molecule has 1 amide bonds. The summed E-state index contributed by atoms with van der Waals surface area (Å²) in [5.41, 5.74) is 0. The van der Waals surface area contributed by atoms with E-state index in [2.05, 4.69) is 19.1 Å². The average molecular weight is 660 g/mol. The lowest BCUT2D eigenvalue weighted by atomic mass is 9.78. The normalized spacial score (nSPS) is 40.8. The van der Waals surface area contributed by atoms with Crippen LogP contribution in [0.3, 0.4) is 0 Å². The van der Waals surface area contributed by atoms with Crippen LogP contribution in [0.4, 0.5) is 0 Å².